The van der Waals surface area contributed by atoms with Crippen LogP contribution >= 0.6 is 0 Å². The van der Waals surface area contributed by atoms with E-state index in [9.17, 15) is 14.4 Å². The Bertz CT molecular complexity index is 1420. The van der Waals surface area contributed by atoms with Crippen LogP contribution in [0, 0.1) is 0 Å². The number of rotatable bonds is 61. The van der Waals surface area contributed by atoms with E-state index in [1.807, 2.05) is 0 Å². The highest BCUT2D eigenvalue weighted by Crippen LogP contribution is 2.17. The minimum absolute atomic E-state index is 0.0794. The van der Waals surface area contributed by atoms with E-state index in [0.29, 0.717) is 19.3 Å². The first-order chi connectivity index (χ1) is 38.0. The molecule has 0 saturated heterocycles. The third kappa shape index (κ3) is 63.6. The number of unbranched alkanes of at least 4 members (excludes halogenated alkanes) is 38. The van der Waals surface area contributed by atoms with Crippen molar-refractivity contribution < 1.29 is 28.6 Å². The maximum atomic E-state index is 12.9. The molecular formula is C71H126O6. The molecule has 0 aromatic carbocycles. The van der Waals surface area contributed by atoms with Crippen LogP contribution in [0.3, 0.4) is 0 Å². The van der Waals surface area contributed by atoms with Crippen LogP contribution in [-0.2, 0) is 28.6 Å². The van der Waals surface area contributed by atoms with E-state index in [1.165, 1.54) is 199 Å². The second kappa shape index (κ2) is 65.4. The summed E-state index contributed by atoms with van der Waals surface area (Å²) in [6, 6.07) is 0. The number of ether oxygens (including phenoxy) is 3. The van der Waals surface area contributed by atoms with Gasteiger partial charge in [-0.3, -0.25) is 14.4 Å². The molecule has 77 heavy (non-hydrogen) atoms. The van der Waals surface area contributed by atoms with Crippen LogP contribution in [0.2, 0.25) is 0 Å². The van der Waals surface area contributed by atoms with Gasteiger partial charge in [-0.15, -0.1) is 0 Å². The van der Waals surface area contributed by atoms with Gasteiger partial charge in [0.1, 0.15) is 13.2 Å². The molecule has 0 aliphatic rings. The van der Waals surface area contributed by atoms with Crippen molar-refractivity contribution in [3.63, 3.8) is 0 Å². The maximum absolute atomic E-state index is 12.9. The van der Waals surface area contributed by atoms with Gasteiger partial charge in [0, 0.05) is 19.3 Å². The van der Waals surface area contributed by atoms with E-state index in [4.69, 9.17) is 14.2 Å². The first-order valence-corrected chi connectivity index (χ1v) is 33.4. The van der Waals surface area contributed by atoms with Crippen molar-refractivity contribution in [2.24, 2.45) is 0 Å². The van der Waals surface area contributed by atoms with Gasteiger partial charge in [-0.2, -0.15) is 0 Å². The molecule has 0 radical (unpaired) electrons. The number of carbonyl (C=O) groups is 3. The van der Waals surface area contributed by atoms with Crippen LogP contribution < -0.4 is 0 Å². The summed E-state index contributed by atoms with van der Waals surface area (Å²) in [4.78, 5) is 38.4. The van der Waals surface area contributed by atoms with E-state index < -0.39 is 6.10 Å². The molecule has 0 aromatic rings. The van der Waals surface area contributed by atoms with Crippen molar-refractivity contribution in [2.45, 2.75) is 348 Å². The van der Waals surface area contributed by atoms with Gasteiger partial charge >= 0.3 is 17.9 Å². The Kier molecular flexibility index (Phi) is 62.7. The molecule has 1 atom stereocenters. The van der Waals surface area contributed by atoms with Gasteiger partial charge < -0.3 is 14.2 Å². The van der Waals surface area contributed by atoms with Crippen molar-refractivity contribution >= 4 is 17.9 Å². The molecule has 0 N–H and O–H groups in total. The lowest BCUT2D eigenvalue weighted by atomic mass is 10.0. The molecule has 1 unspecified atom stereocenters. The fraction of sp³-hybridized carbons (Fsp3) is 0.789. The Labute approximate surface area is 478 Å². The molecule has 0 aromatic heterocycles. The molecule has 6 heteroatoms. The van der Waals surface area contributed by atoms with Crippen LogP contribution in [-0.4, -0.2) is 37.2 Å². The Morgan fingerprint density at radius 1 is 0.273 bits per heavy atom. The van der Waals surface area contributed by atoms with Crippen molar-refractivity contribution in [2.75, 3.05) is 13.2 Å². The molecule has 0 fully saturated rings. The molecule has 446 valence electrons. The minimum atomic E-state index is -0.785. The quantitative estimate of drug-likeness (QED) is 0.0261. The fourth-order valence-corrected chi connectivity index (χ4v) is 9.70. The van der Waals surface area contributed by atoms with Gasteiger partial charge in [0.15, 0.2) is 6.10 Å². The summed E-state index contributed by atoms with van der Waals surface area (Å²) in [5.74, 6) is -0.878. The van der Waals surface area contributed by atoms with Crippen molar-refractivity contribution in [1.82, 2.24) is 0 Å². The summed E-state index contributed by atoms with van der Waals surface area (Å²) in [7, 11) is 0. The standard InChI is InChI=1S/C71H126O6/c1-4-7-10-13-16-19-22-25-28-31-34-35-38-40-43-46-49-52-55-58-61-64-70(73)76-67-68(77-71(74)65-62-59-56-53-50-47-44-41-37-33-30-27-24-21-18-15-12-9-6-3)66-75-69(72)63-60-57-54-51-48-45-42-39-36-32-29-26-23-20-17-14-11-8-5-2/h9,12,17-18,20-21,26-27,29-30,37,41,68H,4-8,10-11,13-16,19,22-25,28,31-36,38-40,42-67H2,1-3H3/b12-9-,20-17-,21-18-,29-26-,30-27-,41-37-. The molecule has 0 rings (SSSR count). The average molecular weight is 1080 g/mol. The van der Waals surface area contributed by atoms with Gasteiger partial charge in [-0.25, -0.2) is 0 Å². The second-order valence-corrected chi connectivity index (χ2v) is 22.4. The van der Waals surface area contributed by atoms with Crippen molar-refractivity contribution in [3.8, 4) is 0 Å². The normalized spacial score (nSPS) is 12.5. The van der Waals surface area contributed by atoms with Gasteiger partial charge in [0.2, 0.25) is 0 Å². The predicted molar refractivity (Wildman–Crippen MR) is 335 cm³/mol. The lowest BCUT2D eigenvalue weighted by molar-refractivity contribution is -0.167. The van der Waals surface area contributed by atoms with Crippen LogP contribution in [0.25, 0.3) is 0 Å². The third-order valence-electron chi connectivity index (χ3n) is 14.7. The third-order valence-corrected chi connectivity index (χ3v) is 14.7. The van der Waals surface area contributed by atoms with Crippen molar-refractivity contribution in [1.29, 1.82) is 0 Å². The zero-order valence-corrected chi connectivity index (χ0v) is 51.2. The number of hydrogen-bond acceptors (Lipinski definition) is 6. The van der Waals surface area contributed by atoms with Crippen LogP contribution in [0.15, 0.2) is 72.9 Å². The van der Waals surface area contributed by atoms with Crippen LogP contribution in [0.5, 0.6) is 0 Å². The number of allylic oxidation sites excluding steroid dienone is 12. The molecule has 0 aliphatic heterocycles. The number of hydrogen-bond donors (Lipinski definition) is 0. The molecule has 0 aliphatic carbocycles. The van der Waals surface area contributed by atoms with Gasteiger partial charge in [-0.1, -0.05) is 306 Å². The SMILES string of the molecule is CC/C=C\C/C=C\C/C=C\C/C=C\CCCCCCCCC(=O)OC(COC(=O)CCCCCCCCCCC/C=C\C/C=C\CCCCC)COC(=O)CCCCCCCCCCCCCCCCCCCCCCC. The second-order valence-electron chi connectivity index (χ2n) is 22.4. The zero-order chi connectivity index (χ0) is 55.7. The van der Waals surface area contributed by atoms with E-state index in [0.717, 1.165) is 103 Å². The monoisotopic (exact) mass is 1070 g/mol. The molecule has 6 nitrogen and oxygen atoms in total. The summed E-state index contributed by atoms with van der Waals surface area (Å²) in [5.41, 5.74) is 0. The molecule has 0 bridgehead atoms. The highest BCUT2D eigenvalue weighted by atomic mass is 16.6. The molecule has 0 amide bonds. The topological polar surface area (TPSA) is 78.9 Å². The number of esters is 3. The first kappa shape index (κ1) is 73.8. The van der Waals surface area contributed by atoms with Crippen molar-refractivity contribution in [3.05, 3.63) is 72.9 Å². The summed E-state index contributed by atoms with van der Waals surface area (Å²) < 4.78 is 17.0. The highest BCUT2D eigenvalue weighted by molar-refractivity contribution is 5.71. The lowest BCUT2D eigenvalue weighted by Gasteiger charge is -2.18. The van der Waals surface area contributed by atoms with E-state index >= 15 is 0 Å². The predicted octanol–water partition coefficient (Wildman–Crippen LogP) is 22.9. The molecule has 0 spiro atoms. The Balaban J connectivity index is 4.37. The average Bonchev–Trinajstić information content (AvgIpc) is 3.43. The first-order valence-electron chi connectivity index (χ1n) is 33.4. The maximum Gasteiger partial charge on any atom is 0.306 e. The van der Waals surface area contributed by atoms with Gasteiger partial charge in [0.05, 0.1) is 0 Å². The molecule has 0 saturated carbocycles. The van der Waals surface area contributed by atoms with E-state index in [-0.39, 0.29) is 31.1 Å². The fourth-order valence-electron chi connectivity index (χ4n) is 9.70. The largest absolute Gasteiger partial charge is 0.462 e. The zero-order valence-electron chi connectivity index (χ0n) is 51.2. The minimum Gasteiger partial charge on any atom is -0.462 e. The molecular weight excluding hydrogens is 949 g/mol. The smallest absolute Gasteiger partial charge is 0.306 e. The Morgan fingerprint density at radius 3 is 0.818 bits per heavy atom. The van der Waals surface area contributed by atoms with Gasteiger partial charge in [-0.05, 0) is 89.9 Å². The Hall–Kier alpha value is -3.15. The highest BCUT2D eigenvalue weighted by Gasteiger charge is 2.19. The Morgan fingerprint density at radius 2 is 0.506 bits per heavy atom. The summed E-state index contributed by atoms with van der Waals surface area (Å²) >= 11 is 0. The van der Waals surface area contributed by atoms with Crippen LogP contribution in [0.4, 0.5) is 0 Å². The number of carbonyl (C=O) groups excluding carboxylic acids is 3. The van der Waals surface area contributed by atoms with E-state index in [1.54, 1.807) is 0 Å². The summed E-state index contributed by atoms with van der Waals surface area (Å²) in [5, 5.41) is 0. The van der Waals surface area contributed by atoms with E-state index in [2.05, 4.69) is 93.7 Å². The molecule has 0 heterocycles. The summed E-state index contributed by atoms with van der Waals surface area (Å²) in [6.07, 6.45) is 84.8. The van der Waals surface area contributed by atoms with Gasteiger partial charge in [0.25, 0.3) is 0 Å². The lowest BCUT2D eigenvalue weighted by Crippen LogP contribution is -2.30. The summed E-state index contributed by atoms with van der Waals surface area (Å²) in [6.45, 7) is 6.54. The van der Waals surface area contributed by atoms with Crippen LogP contribution in [0.1, 0.15) is 342 Å².